The number of piperidine rings is 1. The van der Waals surface area contributed by atoms with Crippen LogP contribution in [0, 0.1) is 0 Å². The number of carbonyl (C=O) groups excluding carboxylic acids is 1. The number of amides is 1. The van der Waals surface area contributed by atoms with Crippen molar-refractivity contribution in [2.75, 3.05) is 19.7 Å². The van der Waals surface area contributed by atoms with E-state index < -0.39 is 0 Å². The van der Waals surface area contributed by atoms with E-state index in [-0.39, 0.29) is 5.91 Å². The standard InChI is InChI=1S/C24H26N4O2/c1-2-30-21-5-3-18(4-6-21)15-23(29)28-13-9-20(10-14-28)24-22(16-26-17-27-24)19-7-11-25-12-8-19/h3-8,11-12,16-17,20H,2,9-10,13-15H2,1H3. The van der Waals surface area contributed by atoms with Crippen LogP contribution in [0.15, 0.2) is 61.3 Å². The zero-order valence-corrected chi connectivity index (χ0v) is 17.2. The van der Waals surface area contributed by atoms with E-state index in [1.54, 1.807) is 18.7 Å². The molecule has 3 aromatic rings. The Bertz CT molecular complexity index is 968. The maximum atomic E-state index is 12.8. The largest absolute Gasteiger partial charge is 0.494 e. The second-order valence-electron chi connectivity index (χ2n) is 7.47. The Morgan fingerprint density at radius 1 is 1.07 bits per heavy atom. The Balaban J connectivity index is 1.38. The van der Waals surface area contributed by atoms with Crippen LogP contribution in [0.25, 0.3) is 11.1 Å². The van der Waals surface area contributed by atoms with Crippen molar-refractivity contribution in [1.29, 1.82) is 0 Å². The molecule has 1 aromatic carbocycles. The number of nitrogens with zero attached hydrogens (tertiary/aromatic N) is 4. The molecule has 1 aliphatic rings. The Hall–Kier alpha value is -3.28. The Kier molecular flexibility index (Phi) is 6.32. The van der Waals surface area contributed by atoms with Crippen LogP contribution in [-0.2, 0) is 11.2 Å². The first-order chi connectivity index (χ1) is 14.7. The normalized spacial score (nSPS) is 14.5. The van der Waals surface area contributed by atoms with Gasteiger partial charge >= 0.3 is 0 Å². The van der Waals surface area contributed by atoms with Gasteiger partial charge in [0, 0.05) is 43.2 Å². The van der Waals surface area contributed by atoms with E-state index in [1.807, 2.05) is 54.4 Å². The predicted molar refractivity (Wildman–Crippen MR) is 115 cm³/mol. The van der Waals surface area contributed by atoms with Crippen molar-refractivity contribution in [2.45, 2.75) is 32.1 Å². The highest BCUT2D eigenvalue weighted by molar-refractivity contribution is 5.79. The van der Waals surface area contributed by atoms with E-state index in [0.29, 0.717) is 18.9 Å². The molecule has 0 N–H and O–H groups in total. The minimum absolute atomic E-state index is 0.176. The summed E-state index contributed by atoms with van der Waals surface area (Å²) in [7, 11) is 0. The van der Waals surface area contributed by atoms with Crippen LogP contribution in [0.2, 0.25) is 0 Å². The van der Waals surface area contributed by atoms with Gasteiger partial charge in [0.15, 0.2) is 0 Å². The number of rotatable bonds is 6. The van der Waals surface area contributed by atoms with Gasteiger partial charge in [-0.2, -0.15) is 0 Å². The third-order valence-corrected chi connectivity index (χ3v) is 5.56. The van der Waals surface area contributed by atoms with Gasteiger partial charge in [-0.1, -0.05) is 12.1 Å². The molecule has 1 amide bonds. The second kappa shape index (κ2) is 9.48. The fourth-order valence-electron chi connectivity index (χ4n) is 3.98. The molecule has 0 saturated carbocycles. The fraction of sp³-hybridized carbons (Fsp3) is 0.333. The van der Waals surface area contributed by atoms with Gasteiger partial charge in [0.1, 0.15) is 12.1 Å². The summed E-state index contributed by atoms with van der Waals surface area (Å²) in [5.74, 6) is 1.34. The highest BCUT2D eigenvalue weighted by Crippen LogP contribution is 2.33. The molecule has 6 nitrogen and oxygen atoms in total. The number of likely N-dealkylation sites (tertiary alicyclic amines) is 1. The maximum absolute atomic E-state index is 12.8. The molecule has 0 atom stereocenters. The molecule has 154 valence electrons. The second-order valence-corrected chi connectivity index (χ2v) is 7.47. The van der Waals surface area contributed by atoms with E-state index in [0.717, 1.165) is 54.1 Å². The van der Waals surface area contributed by atoms with Crippen molar-refractivity contribution in [1.82, 2.24) is 19.9 Å². The molecule has 0 aliphatic carbocycles. The van der Waals surface area contributed by atoms with E-state index in [9.17, 15) is 4.79 Å². The lowest BCUT2D eigenvalue weighted by Gasteiger charge is -2.32. The van der Waals surface area contributed by atoms with Crippen molar-refractivity contribution in [2.24, 2.45) is 0 Å². The molecule has 6 heteroatoms. The summed E-state index contributed by atoms with van der Waals surface area (Å²) < 4.78 is 5.47. The first-order valence-corrected chi connectivity index (χ1v) is 10.4. The Morgan fingerprint density at radius 3 is 2.50 bits per heavy atom. The van der Waals surface area contributed by atoms with E-state index in [2.05, 4.69) is 15.0 Å². The van der Waals surface area contributed by atoms with Crippen LogP contribution >= 0.6 is 0 Å². The lowest BCUT2D eigenvalue weighted by atomic mass is 9.89. The third-order valence-electron chi connectivity index (χ3n) is 5.56. The van der Waals surface area contributed by atoms with Crippen LogP contribution < -0.4 is 4.74 Å². The molecule has 4 rings (SSSR count). The number of carbonyl (C=O) groups is 1. The Labute approximate surface area is 177 Å². The van der Waals surface area contributed by atoms with Gasteiger partial charge in [-0.25, -0.2) is 9.97 Å². The van der Waals surface area contributed by atoms with Crippen molar-refractivity contribution in [3.63, 3.8) is 0 Å². The Morgan fingerprint density at radius 2 is 1.80 bits per heavy atom. The molecule has 0 unspecified atom stereocenters. The highest BCUT2D eigenvalue weighted by atomic mass is 16.5. The summed E-state index contributed by atoms with van der Waals surface area (Å²) in [4.78, 5) is 27.7. The van der Waals surface area contributed by atoms with Crippen molar-refractivity contribution in [3.05, 3.63) is 72.6 Å². The third kappa shape index (κ3) is 4.64. The summed E-state index contributed by atoms with van der Waals surface area (Å²) in [5.41, 5.74) is 4.21. The van der Waals surface area contributed by atoms with Gasteiger partial charge in [-0.15, -0.1) is 0 Å². The van der Waals surface area contributed by atoms with Crippen molar-refractivity contribution >= 4 is 5.91 Å². The summed E-state index contributed by atoms with van der Waals surface area (Å²) in [6.45, 7) is 4.10. The molecule has 30 heavy (non-hydrogen) atoms. The van der Waals surface area contributed by atoms with E-state index >= 15 is 0 Å². The van der Waals surface area contributed by atoms with Gasteiger partial charge in [-0.05, 0) is 55.2 Å². The van der Waals surface area contributed by atoms with E-state index in [1.165, 1.54) is 0 Å². The van der Waals surface area contributed by atoms with Gasteiger partial charge in [0.05, 0.1) is 18.7 Å². The van der Waals surface area contributed by atoms with Crippen LogP contribution in [0.1, 0.15) is 36.9 Å². The summed E-state index contributed by atoms with van der Waals surface area (Å²) >= 11 is 0. The number of aromatic nitrogens is 3. The minimum atomic E-state index is 0.176. The molecule has 1 aliphatic heterocycles. The van der Waals surface area contributed by atoms with Gasteiger partial charge in [-0.3, -0.25) is 9.78 Å². The molecule has 1 saturated heterocycles. The smallest absolute Gasteiger partial charge is 0.226 e. The van der Waals surface area contributed by atoms with Crippen LogP contribution in [-0.4, -0.2) is 45.5 Å². The lowest BCUT2D eigenvalue weighted by Crippen LogP contribution is -2.39. The molecule has 1 fully saturated rings. The van der Waals surface area contributed by atoms with Crippen LogP contribution in [0.5, 0.6) is 5.75 Å². The molecular weight excluding hydrogens is 376 g/mol. The van der Waals surface area contributed by atoms with Crippen LogP contribution in [0.3, 0.4) is 0 Å². The first-order valence-electron chi connectivity index (χ1n) is 10.4. The van der Waals surface area contributed by atoms with E-state index in [4.69, 9.17) is 4.74 Å². The summed E-state index contributed by atoms with van der Waals surface area (Å²) in [6.07, 6.45) is 9.30. The maximum Gasteiger partial charge on any atom is 0.226 e. The highest BCUT2D eigenvalue weighted by Gasteiger charge is 2.26. The number of hydrogen-bond acceptors (Lipinski definition) is 5. The zero-order chi connectivity index (χ0) is 20.8. The zero-order valence-electron chi connectivity index (χ0n) is 17.2. The van der Waals surface area contributed by atoms with Gasteiger partial charge in [0.25, 0.3) is 0 Å². The summed E-state index contributed by atoms with van der Waals surface area (Å²) in [5, 5.41) is 0. The first kappa shape index (κ1) is 20.0. The number of hydrogen-bond donors (Lipinski definition) is 0. The number of benzene rings is 1. The molecular formula is C24H26N4O2. The minimum Gasteiger partial charge on any atom is -0.494 e. The monoisotopic (exact) mass is 402 g/mol. The summed E-state index contributed by atoms with van der Waals surface area (Å²) in [6, 6.07) is 11.8. The molecule has 2 aromatic heterocycles. The average molecular weight is 402 g/mol. The average Bonchev–Trinajstić information content (AvgIpc) is 2.81. The van der Waals surface area contributed by atoms with Crippen molar-refractivity contribution < 1.29 is 9.53 Å². The molecule has 3 heterocycles. The van der Waals surface area contributed by atoms with Gasteiger partial charge in [0.2, 0.25) is 5.91 Å². The molecule has 0 radical (unpaired) electrons. The quantitative estimate of drug-likeness (QED) is 0.626. The van der Waals surface area contributed by atoms with Gasteiger partial charge < -0.3 is 9.64 Å². The lowest BCUT2D eigenvalue weighted by molar-refractivity contribution is -0.131. The van der Waals surface area contributed by atoms with Crippen molar-refractivity contribution in [3.8, 4) is 16.9 Å². The number of pyridine rings is 1. The number of ether oxygens (including phenoxy) is 1. The molecule has 0 bridgehead atoms. The topological polar surface area (TPSA) is 68.2 Å². The predicted octanol–water partition coefficient (Wildman–Crippen LogP) is 3.89. The van der Waals surface area contributed by atoms with Crippen LogP contribution in [0.4, 0.5) is 0 Å². The SMILES string of the molecule is CCOc1ccc(CC(=O)N2CCC(c3ncncc3-c3ccncc3)CC2)cc1. The fourth-order valence-corrected chi connectivity index (χ4v) is 3.98. The molecule has 0 spiro atoms.